The Balaban J connectivity index is 2.51. The quantitative estimate of drug-likeness (QED) is 0.339. The molecule has 0 saturated carbocycles. The second-order valence-corrected chi connectivity index (χ2v) is 7.52. The Bertz CT molecular complexity index is 663. The molecule has 0 atom stereocenters. The fraction of sp³-hybridized carbons (Fsp3) is 0.550. The SMILES string of the molecule is CN(CCN(CCC(=O)OC(C)(C)C)C(=O)OCCl)C(=O)OCc1ccccc1. The van der Waals surface area contributed by atoms with E-state index in [0.717, 1.165) is 5.56 Å². The number of halogens is 1. The van der Waals surface area contributed by atoms with Crippen LogP contribution in [0.3, 0.4) is 0 Å². The van der Waals surface area contributed by atoms with Crippen LogP contribution >= 0.6 is 11.6 Å². The summed E-state index contributed by atoms with van der Waals surface area (Å²) in [7, 11) is 1.56. The number of esters is 1. The van der Waals surface area contributed by atoms with Crippen molar-refractivity contribution < 1.29 is 28.6 Å². The molecule has 0 unspecified atom stereocenters. The van der Waals surface area contributed by atoms with Crippen LogP contribution in [0, 0.1) is 0 Å². The fourth-order valence-electron chi connectivity index (χ4n) is 2.24. The molecule has 0 aromatic heterocycles. The van der Waals surface area contributed by atoms with Crippen LogP contribution in [-0.2, 0) is 25.6 Å². The van der Waals surface area contributed by atoms with Crippen LogP contribution in [-0.4, -0.2) is 66.3 Å². The van der Waals surface area contributed by atoms with Gasteiger partial charge in [0.25, 0.3) is 0 Å². The van der Waals surface area contributed by atoms with Crippen LogP contribution in [0.2, 0.25) is 0 Å². The zero-order valence-corrected chi connectivity index (χ0v) is 18.1. The molecule has 1 rings (SSSR count). The van der Waals surface area contributed by atoms with Crippen molar-refractivity contribution in [3.8, 4) is 0 Å². The number of benzene rings is 1. The lowest BCUT2D eigenvalue weighted by molar-refractivity contribution is -0.155. The normalized spacial score (nSPS) is 10.8. The summed E-state index contributed by atoms with van der Waals surface area (Å²) in [6.07, 6.45) is -1.20. The van der Waals surface area contributed by atoms with Crippen molar-refractivity contribution in [1.82, 2.24) is 9.80 Å². The largest absolute Gasteiger partial charge is 0.460 e. The molecule has 1 aromatic rings. The first kappa shape index (κ1) is 24.6. The number of ether oxygens (including phenoxy) is 3. The third-order valence-electron chi connectivity index (χ3n) is 3.66. The standard InChI is InChI=1S/C20H29ClN2O6/c1-20(2,3)29-17(24)10-11-23(19(26)28-15-21)13-12-22(4)18(25)27-14-16-8-6-5-7-9-16/h5-9H,10-15H2,1-4H3. The molecule has 9 heteroatoms. The molecule has 29 heavy (non-hydrogen) atoms. The second kappa shape index (κ2) is 12.2. The Morgan fingerprint density at radius 2 is 1.62 bits per heavy atom. The van der Waals surface area contributed by atoms with Crippen molar-refractivity contribution >= 4 is 29.8 Å². The van der Waals surface area contributed by atoms with Gasteiger partial charge in [0.05, 0.1) is 6.42 Å². The van der Waals surface area contributed by atoms with Gasteiger partial charge < -0.3 is 24.0 Å². The maximum absolute atomic E-state index is 12.1. The lowest BCUT2D eigenvalue weighted by atomic mass is 10.2. The molecular weight excluding hydrogens is 400 g/mol. The van der Waals surface area contributed by atoms with E-state index in [0.29, 0.717) is 0 Å². The Kier molecular flexibility index (Phi) is 10.3. The highest BCUT2D eigenvalue weighted by atomic mass is 35.5. The van der Waals surface area contributed by atoms with Gasteiger partial charge in [-0.15, -0.1) is 0 Å². The molecule has 0 aliphatic rings. The Morgan fingerprint density at radius 3 is 2.21 bits per heavy atom. The molecule has 0 heterocycles. The number of alkyl halides is 1. The van der Waals surface area contributed by atoms with Gasteiger partial charge in [-0.1, -0.05) is 41.9 Å². The smallest absolute Gasteiger partial charge is 0.411 e. The van der Waals surface area contributed by atoms with Gasteiger partial charge in [-0.2, -0.15) is 0 Å². The molecule has 0 saturated heterocycles. The summed E-state index contributed by atoms with van der Waals surface area (Å²) in [6.45, 7) is 5.87. The summed E-state index contributed by atoms with van der Waals surface area (Å²) in [5.41, 5.74) is 0.264. The highest BCUT2D eigenvalue weighted by Crippen LogP contribution is 2.09. The zero-order valence-electron chi connectivity index (χ0n) is 17.4. The minimum Gasteiger partial charge on any atom is -0.460 e. The van der Waals surface area contributed by atoms with Crippen LogP contribution in [0.25, 0.3) is 0 Å². The number of hydrogen-bond donors (Lipinski definition) is 0. The van der Waals surface area contributed by atoms with Crippen LogP contribution in [0.4, 0.5) is 9.59 Å². The summed E-state index contributed by atoms with van der Waals surface area (Å²) >= 11 is 5.46. The third-order valence-corrected chi connectivity index (χ3v) is 3.77. The van der Waals surface area contributed by atoms with Crippen molar-refractivity contribution in [1.29, 1.82) is 0 Å². The summed E-state index contributed by atoms with van der Waals surface area (Å²) in [5, 5.41) is 0. The number of nitrogens with zero attached hydrogens (tertiary/aromatic N) is 2. The molecule has 162 valence electrons. The highest BCUT2D eigenvalue weighted by molar-refractivity contribution is 6.17. The molecule has 2 amide bonds. The van der Waals surface area contributed by atoms with E-state index >= 15 is 0 Å². The van der Waals surface area contributed by atoms with Crippen LogP contribution in [0.5, 0.6) is 0 Å². The number of amides is 2. The second-order valence-electron chi connectivity index (χ2n) is 7.30. The molecule has 0 aliphatic heterocycles. The fourth-order valence-corrected chi connectivity index (χ4v) is 2.34. The number of hydrogen-bond acceptors (Lipinski definition) is 6. The molecule has 0 N–H and O–H groups in total. The zero-order chi connectivity index (χ0) is 21.9. The number of carbonyl (C=O) groups is 3. The first-order valence-corrected chi connectivity index (χ1v) is 9.77. The van der Waals surface area contributed by atoms with E-state index in [1.807, 2.05) is 30.3 Å². The predicted molar refractivity (Wildman–Crippen MR) is 108 cm³/mol. The molecule has 1 aromatic carbocycles. The first-order valence-electron chi connectivity index (χ1n) is 9.23. The number of carbonyl (C=O) groups excluding carboxylic acids is 3. The minimum absolute atomic E-state index is 0.00315. The lowest BCUT2D eigenvalue weighted by Crippen LogP contribution is -2.41. The van der Waals surface area contributed by atoms with Crippen molar-refractivity contribution in [2.45, 2.75) is 39.4 Å². The number of rotatable bonds is 9. The summed E-state index contributed by atoms with van der Waals surface area (Å²) in [5.74, 6) is -0.434. The lowest BCUT2D eigenvalue weighted by Gasteiger charge is -2.25. The topological polar surface area (TPSA) is 85.4 Å². The average Bonchev–Trinajstić information content (AvgIpc) is 2.65. The molecule has 8 nitrogen and oxygen atoms in total. The molecular formula is C20H29ClN2O6. The van der Waals surface area contributed by atoms with E-state index in [9.17, 15) is 14.4 Å². The Hall–Kier alpha value is -2.48. The maximum Gasteiger partial charge on any atom is 0.411 e. The summed E-state index contributed by atoms with van der Waals surface area (Å²) < 4.78 is 15.3. The predicted octanol–water partition coefficient (Wildman–Crippen LogP) is 3.62. The van der Waals surface area contributed by atoms with Crippen molar-refractivity contribution in [3.63, 3.8) is 0 Å². The Labute approximate surface area is 176 Å². The molecule has 0 aliphatic carbocycles. The minimum atomic E-state index is -0.672. The van der Waals surface area contributed by atoms with E-state index in [1.54, 1.807) is 27.8 Å². The third kappa shape index (κ3) is 10.6. The first-order chi connectivity index (χ1) is 13.6. The van der Waals surface area contributed by atoms with Crippen molar-refractivity contribution in [3.05, 3.63) is 35.9 Å². The van der Waals surface area contributed by atoms with Gasteiger partial charge in [0.2, 0.25) is 0 Å². The monoisotopic (exact) mass is 428 g/mol. The number of likely N-dealkylation sites (N-methyl/N-ethyl adjacent to an activating group) is 1. The van der Waals surface area contributed by atoms with Gasteiger partial charge in [-0.25, -0.2) is 9.59 Å². The van der Waals surface area contributed by atoms with Crippen molar-refractivity contribution in [2.75, 3.05) is 32.7 Å². The van der Waals surface area contributed by atoms with Gasteiger partial charge in [0.1, 0.15) is 12.2 Å². The van der Waals surface area contributed by atoms with Gasteiger partial charge >= 0.3 is 18.2 Å². The van der Waals surface area contributed by atoms with E-state index in [2.05, 4.69) is 0 Å². The summed E-state index contributed by atoms with van der Waals surface area (Å²) in [6, 6.07) is 9.00. The molecule has 0 bridgehead atoms. The molecule has 0 radical (unpaired) electrons. The molecule has 0 spiro atoms. The van der Waals surface area contributed by atoms with E-state index in [1.165, 1.54) is 9.80 Å². The molecule has 0 fully saturated rings. The van der Waals surface area contributed by atoms with Gasteiger partial charge in [0, 0.05) is 26.7 Å². The Morgan fingerprint density at radius 1 is 0.966 bits per heavy atom. The highest BCUT2D eigenvalue weighted by Gasteiger charge is 2.21. The van der Waals surface area contributed by atoms with Gasteiger partial charge in [0.15, 0.2) is 6.07 Å². The van der Waals surface area contributed by atoms with Crippen LogP contribution in [0.15, 0.2) is 30.3 Å². The van der Waals surface area contributed by atoms with Crippen LogP contribution < -0.4 is 0 Å². The van der Waals surface area contributed by atoms with Crippen LogP contribution in [0.1, 0.15) is 32.8 Å². The van der Waals surface area contributed by atoms with E-state index in [4.69, 9.17) is 25.8 Å². The van der Waals surface area contributed by atoms with Crippen molar-refractivity contribution in [2.24, 2.45) is 0 Å². The van der Waals surface area contributed by atoms with Gasteiger partial charge in [-0.3, -0.25) is 4.79 Å². The average molecular weight is 429 g/mol. The maximum atomic E-state index is 12.1. The van der Waals surface area contributed by atoms with E-state index < -0.39 is 23.8 Å². The van der Waals surface area contributed by atoms with E-state index in [-0.39, 0.29) is 38.7 Å². The van der Waals surface area contributed by atoms with Gasteiger partial charge in [-0.05, 0) is 26.3 Å². The summed E-state index contributed by atoms with van der Waals surface area (Å²) in [4.78, 5) is 38.7.